The van der Waals surface area contributed by atoms with E-state index in [1.165, 1.54) is 6.07 Å². The zero-order chi connectivity index (χ0) is 13.5. The lowest BCUT2D eigenvalue weighted by atomic mass is 10.0. The molecule has 0 radical (unpaired) electrons. The quantitative estimate of drug-likeness (QED) is 0.758. The summed E-state index contributed by atoms with van der Waals surface area (Å²) in [7, 11) is 0. The molecule has 0 saturated heterocycles. The van der Waals surface area contributed by atoms with E-state index in [0.29, 0.717) is 18.7 Å². The van der Waals surface area contributed by atoms with E-state index in [4.69, 9.17) is 27.8 Å². The number of hydrogen-bond acceptors (Lipinski definition) is 3. The molecule has 0 amide bonds. The summed E-state index contributed by atoms with van der Waals surface area (Å²) in [5, 5.41) is 0.265. The molecule has 6 heteroatoms. The van der Waals surface area contributed by atoms with Gasteiger partial charge < -0.3 is 16.2 Å². The predicted molar refractivity (Wildman–Crippen MR) is 79.7 cm³/mol. The van der Waals surface area contributed by atoms with Gasteiger partial charge in [0.05, 0.1) is 11.6 Å². The molecule has 0 spiro atoms. The van der Waals surface area contributed by atoms with Crippen molar-refractivity contribution in [3.05, 3.63) is 28.5 Å². The number of rotatable bonds is 7. The molecular weight excluding hydrogens is 290 g/mol. The van der Waals surface area contributed by atoms with Gasteiger partial charge in [0.15, 0.2) is 11.6 Å². The summed E-state index contributed by atoms with van der Waals surface area (Å²) in [5.74, 6) is -0.370. The molecule has 0 bridgehead atoms. The fourth-order valence-corrected chi connectivity index (χ4v) is 2.02. The minimum Gasteiger partial charge on any atom is -0.489 e. The Kier molecular flexibility index (Phi) is 9.10. The van der Waals surface area contributed by atoms with Crippen molar-refractivity contribution in [3.8, 4) is 5.75 Å². The van der Waals surface area contributed by atoms with Crippen LogP contribution in [0.2, 0.25) is 5.02 Å². The summed E-state index contributed by atoms with van der Waals surface area (Å²) in [6.45, 7) is 2.80. The highest BCUT2D eigenvalue weighted by molar-refractivity contribution is 6.32. The van der Waals surface area contributed by atoms with Crippen LogP contribution < -0.4 is 16.2 Å². The molecule has 1 aromatic rings. The Labute approximate surface area is 124 Å². The van der Waals surface area contributed by atoms with Crippen molar-refractivity contribution in [2.75, 3.05) is 13.2 Å². The van der Waals surface area contributed by atoms with E-state index >= 15 is 0 Å². The Morgan fingerprint density at radius 2 is 2.05 bits per heavy atom. The Balaban J connectivity index is 0.00000324. The van der Waals surface area contributed by atoms with E-state index in [-0.39, 0.29) is 29.2 Å². The number of halogens is 3. The molecule has 0 unspecified atom stereocenters. The van der Waals surface area contributed by atoms with E-state index in [0.717, 1.165) is 19.3 Å². The van der Waals surface area contributed by atoms with Gasteiger partial charge in [-0.2, -0.15) is 0 Å². The van der Waals surface area contributed by atoms with Gasteiger partial charge in [-0.25, -0.2) is 4.39 Å². The third kappa shape index (κ3) is 5.53. The standard InChI is InChI=1S/C13H20ClFN2O.ClH/c1-2-18-13-10(14)7-9(8-11(13)15)12(17)5-3-4-6-16;/h7-8,12H,2-6,16-17H2,1H3;1H/t12-;/m0./s1. The predicted octanol–water partition coefficient (Wildman–Crippen LogP) is 3.43. The maximum absolute atomic E-state index is 13.8. The van der Waals surface area contributed by atoms with E-state index in [1.54, 1.807) is 13.0 Å². The number of ether oxygens (including phenoxy) is 1. The van der Waals surface area contributed by atoms with Gasteiger partial charge in [0.25, 0.3) is 0 Å². The van der Waals surface area contributed by atoms with E-state index < -0.39 is 5.82 Å². The summed E-state index contributed by atoms with van der Waals surface area (Å²) < 4.78 is 18.9. The fourth-order valence-electron chi connectivity index (χ4n) is 1.75. The van der Waals surface area contributed by atoms with Crippen LogP contribution in [0, 0.1) is 5.82 Å². The molecule has 0 heterocycles. The molecule has 0 saturated carbocycles. The second-order valence-electron chi connectivity index (χ2n) is 4.14. The van der Waals surface area contributed by atoms with Gasteiger partial charge in [-0.05, 0) is 44.0 Å². The van der Waals surface area contributed by atoms with Crippen molar-refractivity contribution in [1.29, 1.82) is 0 Å². The monoisotopic (exact) mass is 310 g/mol. The third-order valence-corrected chi connectivity index (χ3v) is 2.99. The largest absolute Gasteiger partial charge is 0.489 e. The number of nitrogens with two attached hydrogens (primary N) is 2. The molecule has 1 aromatic carbocycles. The summed E-state index contributed by atoms with van der Waals surface area (Å²) in [5.41, 5.74) is 12.1. The highest BCUT2D eigenvalue weighted by atomic mass is 35.5. The van der Waals surface area contributed by atoms with Crippen LogP contribution in [0.5, 0.6) is 5.75 Å². The van der Waals surface area contributed by atoms with Crippen molar-refractivity contribution < 1.29 is 9.13 Å². The molecule has 1 atom stereocenters. The normalized spacial score (nSPS) is 11.8. The van der Waals surface area contributed by atoms with Gasteiger partial charge in [0.1, 0.15) is 0 Å². The second-order valence-corrected chi connectivity index (χ2v) is 4.54. The average molecular weight is 311 g/mol. The number of hydrogen-bond donors (Lipinski definition) is 2. The zero-order valence-corrected chi connectivity index (χ0v) is 12.6. The molecule has 1 rings (SSSR count). The van der Waals surface area contributed by atoms with Gasteiger partial charge >= 0.3 is 0 Å². The Bertz CT molecular complexity index is 368. The second kappa shape index (κ2) is 9.37. The van der Waals surface area contributed by atoms with Gasteiger partial charge in [0, 0.05) is 6.04 Å². The average Bonchev–Trinajstić information content (AvgIpc) is 2.33. The Morgan fingerprint density at radius 3 is 2.58 bits per heavy atom. The van der Waals surface area contributed by atoms with Gasteiger partial charge in [-0.1, -0.05) is 18.0 Å². The molecule has 4 N–H and O–H groups in total. The van der Waals surface area contributed by atoms with Crippen LogP contribution in [0.15, 0.2) is 12.1 Å². The Hall–Kier alpha value is -0.550. The van der Waals surface area contributed by atoms with Crippen LogP contribution in [-0.4, -0.2) is 13.2 Å². The van der Waals surface area contributed by atoms with E-state index in [9.17, 15) is 4.39 Å². The summed E-state index contributed by atoms with van der Waals surface area (Å²) in [6.07, 6.45) is 2.60. The summed E-state index contributed by atoms with van der Waals surface area (Å²) >= 11 is 5.98. The lowest BCUT2D eigenvalue weighted by Gasteiger charge is -2.14. The molecule has 3 nitrogen and oxygen atoms in total. The van der Waals surface area contributed by atoms with Crippen molar-refractivity contribution in [1.82, 2.24) is 0 Å². The lowest BCUT2D eigenvalue weighted by molar-refractivity contribution is 0.321. The van der Waals surface area contributed by atoms with E-state index in [2.05, 4.69) is 0 Å². The fraction of sp³-hybridized carbons (Fsp3) is 0.538. The number of benzene rings is 1. The highest BCUT2D eigenvalue weighted by Gasteiger charge is 2.14. The maximum atomic E-state index is 13.8. The first-order chi connectivity index (χ1) is 8.60. The molecule has 0 aromatic heterocycles. The van der Waals surface area contributed by atoms with Crippen LogP contribution in [0.4, 0.5) is 4.39 Å². The lowest BCUT2D eigenvalue weighted by Crippen LogP contribution is -2.12. The first kappa shape index (κ1) is 18.4. The molecular formula is C13H21Cl2FN2O. The smallest absolute Gasteiger partial charge is 0.173 e. The molecule has 0 aliphatic carbocycles. The molecule has 0 aliphatic heterocycles. The molecule has 19 heavy (non-hydrogen) atoms. The van der Waals surface area contributed by atoms with Gasteiger partial charge in [-0.3, -0.25) is 0 Å². The molecule has 110 valence electrons. The number of unbranched alkanes of at least 4 members (excludes halogenated alkanes) is 1. The highest BCUT2D eigenvalue weighted by Crippen LogP contribution is 2.31. The zero-order valence-electron chi connectivity index (χ0n) is 11.0. The SMILES string of the molecule is CCOc1c(F)cc([C@@H](N)CCCCN)cc1Cl.Cl. The minimum atomic E-state index is -0.464. The van der Waals surface area contributed by atoms with Gasteiger partial charge in [0.2, 0.25) is 0 Å². The van der Waals surface area contributed by atoms with Crippen LogP contribution in [0.3, 0.4) is 0 Å². The van der Waals surface area contributed by atoms with Crippen molar-refractivity contribution >= 4 is 24.0 Å². The minimum absolute atomic E-state index is 0. The van der Waals surface area contributed by atoms with Crippen LogP contribution in [-0.2, 0) is 0 Å². The van der Waals surface area contributed by atoms with Crippen LogP contribution in [0.25, 0.3) is 0 Å². The summed E-state index contributed by atoms with van der Waals surface area (Å²) in [6, 6.07) is 2.84. The van der Waals surface area contributed by atoms with Gasteiger partial charge in [-0.15, -0.1) is 12.4 Å². The molecule has 0 aliphatic rings. The van der Waals surface area contributed by atoms with Crippen molar-refractivity contribution in [2.24, 2.45) is 11.5 Å². The van der Waals surface area contributed by atoms with Crippen LogP contribution >= 0.6 is 24.0 Å². The first-order valence-electron chi connectivity index (χ1n) is 6.17. The third-order valence-electron chi connectivity index (χ3n) is 2.71. The van der Waals surface area contributed by atoms with E-state index in [1.807, 2.05) is 0 Å². The van der Waals surface area contributed by atoms with Crippen LogP contribution in [0.1, 0.15) is 37.8 Å². The summed E-state index contributed by atoms with van der Waals surface area (Å²) in [4.78, 5) is 0. The Morgan fingerprint density at radius 1 is 1.37 bits per heavy atom. The van der Waals surface area contributed by atoms with Crippen molar-refractivity contribution in [2.45, 2.75) is 32.2 Å². The topological polar surface area (TPSA) is 61.3 Å². The first-order valence-corrected chi connectivity index (χ1v) is 6.55. The molecule has 0 fully saturated rings. The maximum Gasteiger partial charge on any atom is 0.173 e. The van der Waals surface area contributed by atoms with Crippen molar-refractivity contribution in [3.63, 3.8) is 0 Å².